The minimum atomic E-state index is -1.52. The van der Waals surface area contributed by atoms with Gasteiger partial charge in [-0.15, -0.1) is 0 Å². The first kappa shape index (κ1) is 15.7. The van der Waals surface area contributed by atoms with Crippen LogP contribution in [0.2, 0.25) is 0 Å². The third kappa shape index (κ3) is 2.74. The molecule has 0 aliphatic rings. The first-order valence-corrected chi connectivity index (χ1v) is 7.45. The van der Waals surface area contributed by atoms with E-state index in [4.69, 9.17) is 4.74 Å². The molecule has 122 valence electrons. The molecule has 2 aromatic carbocycles. The fourth-order valence-corrected chi connectivity index (χ4v) is 3.01. The van der Waals surface area contributed by atoms with E-state index in [0.29, 0.717) is 11.1 Å². The highest BCUT2D eigenvalue weighted by Gasteiger charge is 2.42. The number of carbonyl (C=O) groups excluding carboxylic acids is 1. The minimum Gasteiger partial charge on any atom is -0.464 e. The molecule has 0 saturated carbocycles. The number of benzene rings is 2. The van der Waals surface area contributed by atoms with Crippen molar-refractivity contribution in [2.75, 3.05) is 7.11 Å². The Balaban J connectivity index is 2.22. The molecule has 0 spiro atoms. The zero-order valence-corrected chi connectivity index (χ0v) is 13.0. The fourth-order valence-electron chi connectivity index (χ4n) is 3.01. The normalized spacial score (nSPS) is 13.4. The van der Waals surface area contributed by atoms with Gasteiger partial charge in [0.2, 0.25) is 0 Å². The van der Waals surface area contributed by atoms with Crippen molar-refractivity contribution < 1.29 is 14.5 Å². The summed E-state index contributed by atoms with van der Waals surface area (Å²) in [5.41, 5.74) is 2.25. The quantitative estimate of drug-likeness (QED) is 0.444. The van der Waals surface area contributed by atoms with E-state index in [1.807, 2.05) is 30.3 Å². The molecule has 3 aromatic rings. The molecule has 6 heteroatoms. The zero-order chi connectivity index (χ0) is 17.1. The van der Waals surface area contributed by atoms with Crippen LogP contribution in [-0.4, -0.2) is 29.0 Å². The number of esters is 1. The number of ether oxygens (including phenoxy) is 1. The maximum absolute atomic E-state index is 12.1. The number of carbonyl (C=O) groups is 1. The molecular formula is C18H16N2O4. The van der Waals surface area contributed by atoms with E-state index >= 15 is 0 Å². The number of hydrogen-bond donors (Lipinski definition) is 1. The molecule has 2 atom stereocenters. The highest BCUT2D eigenvalue weighted by Crippen LogP contribution is 2.34. The van der Waals surface area contributed by atoms with Crippen molar-refractivity contribution >= 4 is 16.9 Å². The molecule has 0 amide bonds. The van der Waals surface area contributed by atoms with Crippen LogP contribution in [0.5, 0.6) is 0 Å². The monoisotopic (exact) mass is 324 g/mol. The summed E-state index contributed by atoms with van der Waals surface area (Å²) in [6.45, 7) is 0. The molecule has 0 bridgehead atoms. The van der Waals surface area contributed by atoms with E-state index in [1.165, 1.54) is 0 Å². The lowest BCUT2D eigenvalue weighted by Crippen LogP contribution is -2.37. The summed E-state index contributed by atoms with van der Waals surface area (Å²) in [7, 11) is 1.16. The van der Waals surface area contributed by atoms with E-state index in [-0.39, 0.29) is 0 Å². The van der Waals surface area contributed by atoms with E-state index in [2.05, 4.69) is 4.98 Å². The van der Waals surface area contributed by atoms with Gasteiger partial charge in [0.25, 0.3) is 0 Å². The van der Waals surface area contributed by atoms with E-state index in [9.17, 15) is 14.9 Å². The standard InChI is InChI=1S/C18H16N2O4/c1-24-18(21)17(20(22)23)16(12-7-3-2-4-8-12)14-11-19-15-10-6-5-9-13(14)15/h2-11,16-17,19H,1H3/t16-,17-/m0/s1. The molecule has 0 fully saturated rings. The summed E-state index contributed by atoms with van der Waals surface area (Å²) in [5.74, 6) is -1.61. The fraction of sp³-hybridized carbons (Fsp3) is 0.167. The Hall–Kier alpha value is -3.15. The topological polar surface area (TPSA) is 85.2 Å². The summed E-state index contributed by atoms with van der Waals surface area (Å²) >= 11 is 0. The van der Waals surface area contributed by atoms with Crippen molar-refractivity contribution in [1.29, 1.82) is 0 Å². The Morgan fingerprint density at radius 2 is 1.79 bits per heavy atom. The third-order valence-electron chi connectivity index (χ3n) is 4.10. The second-order valence-corrected chi connectivity index (χ2v) is 5.43. The number of nitro groups is 1. The molecule has 6 nitrogen and oxygen atoms in total. The lowest BCUT2D eigenvalue weighted by atomic mass is 9.85. The number of para-hydroxylation sites is 1. The molecule has 0 aliphatic carbocycles. The van der Waals surface area contributed by atoms with Crippen molar-refractivity contribution in [3.8, 4) is 0 Å². The van der Waals surface area contributed by atoms with E-state index < -0.39 is 22.9 Å². The highest BCUT2D eigenvalue weighted by molar-refractivity contribution is 5.86. The van der Waals surface area contributed by atoms with Gasteiger partial charge in [-0.2, -0.15) is 0 Å². The average Bonchev–Trinajstić information content (AvgIpc) is 3.03. The molecule has 0 saturated heterocycles. The second-order valence-electron chi connectivity index (χ2n) is 5.43. The summed E-state index contributed by atoms with van der Waals surface area (Å²) < 4.78 is 4.70. The first-order chi connectivity index (χ1) is 11.6. The van der Waals surface area contributed by atoms with Gasteiger partial charge >= 0.3 is 12.0 Å². The number of rotatable bonds is 5. The molecule has 1 aromatic heterocycles. The van der Waals surface area contributed by atoms with Gasteiger partial charge in [-0.1, -0.05) is 48.5 Å². The Kier molecular flexibility index (Phi) is 4.29. The Morgan fingerprint density at radius 1 is 1.12 bits per heavy atom. The van der Waals surface area contributed by atoms with Crippen LogP contribution in [0.15, 0.2) is 60.8 Å². The van der Waals surface area contributed by atoms with Gasteiger partial charge in [-0.05, 0) is 17.2 Å². The lowest BCUT2D eigenvalue weighted by Gasteiger charge is -2.19. The first-order valence-electron chi connectivity index (χ1n) is 7.45. The number of H-pyrrole nitrogens is 1. The molecule has 3 rings (SSSR count). The molecule has 1 heterocycles. The van der Waals surface area contributed by atoms with Gasteiger partial charge in [0, 0.05) is 22.0 Å². The number of aromatic nitrogens is 1. The summed E-state index contributed by atoms with van der Waals surface area (Å²) in [5, 5.41) is 12.5. The van der Waals surface area contributed by atoms with Gasteiger partial charge in [0.05, 0.1) is 13.0 Å². The predicted octanol–water partition coefficient (Wildman–Crippen LogP) is 3.12. The summed E-state index contributed by atoms with van der Waals surface area (Å²) in [6.07, 6.45) is 1.72. The maximum atomic E-state index is 12.1. The maximum Gasteiger partial charge on any atom is 0.382 e. The third-order valence-corrected chi connectivity index (χ3v) is 4.10. The largest absolute Gasteiger partial charge is 0.464 e. The van der Waals surface area contributed by atoms with Crippen LogP contribution in [0.25, 0.3) is 10.9 Å². The van der Waals surface area contributed by atoms with E-state index in [0.717, 1.165) is 18.0 Å². The predicted molar refractivity (Wildman–Crippen MR) is 89.4 cm³/mol. The number of nitrogens with zero attached hydrogens (tertiary/aromatic N) is 1. The van der Waals surface area contributed by atoms with Crippen LogP contribution in [-0.2, 0) is 9.53 Å². The van der Waals surface area contributed by atoms with Crippen LogP contribution >= 0.6 is 0 Å². The van der Waals surface area contributed by atoms with Crippen molar-refractivity contribution in [3.63, 3.8) is 0 Å². The zero-order valence-electron chi connectivity index (χ0n) is 13.0. The van der Waals surface area contributed by atoms with Crippen molar-refractivity contribution in [2.24, 2.45) is 0 Å². The second kappa shape index (κ2) is 6.54. The van der Waals surface area contributed by atoms with Crippen molar-refractivity contribution in [2.45, 2.75) is 12.0 Å². The average molecular weight is 324 g/mol. The van der Waals surface area contributed by atoms with E-state index in [1.54, 1.807) is 30.5 Å². The van der Waals surface area contributed by atoms with Crippen molar-refractivity contribution in [3.05, 3.63) is 82.0 Å². The number of aromatic amines is 1. The number of hydrogen-bond acceptors (Lipinski definition) is 4. The lowest BCUT2D eigenvalue weighted by molar-refractivity contribution is -0.512. The Morgan fingerprint density at radius 3 is 2.46 bits per heavy atom. The van der Waals surface area contributed by atoms with Gasteiger partial charge in [-0.3, -0.25) is 10.1 Å². The Labute approximate surface area is 138 Å². The summed E-state index contributed by atoms with van der Waals surface area (Å²) in [4.78, 5) is 26.3. The number of fused-ring (bicyclic) bond motifs is 1. The number of methoxy groups -OCH3 is 1. The number of nitrogens with one attached hydrogen (secondary N) is 1. The minimum absolute atomic E-state index is 0.578. The summed E-state index contributed by atoms with van der Waals surface area (Å²) in [6, 6.07) is 15.0. The molecule has 0 unspecified atom stereocenters. The molecule has 1 N–H and O–H groups in total. The van der Waals surface area contributed by atoms with Crippen LogP contribution in [0.4, 0.5) is 0 Å². The highest BCUT2D eigenvalue weighted by atomic mass is 16.6. The molecule has 0 aliphatic heterocycles. The smallest absolute Gasteiger partial charge is 0.382 e. The van der Waals surface area contributed by atoms with Crippen molar-refractivity contribution in [1.82, 2.24) is 4.98 Å². The van der Waals surface area contributed by atoms with Gasteiger partial charge in [0.1, 0.15) is 0 Å². The Bertz CT molecular complexity index is 873. The van der Waals surface area contributed by atoms with Crippen LogP contribution < -0.4 is 0 Å². The van der Waals surface area contributed by atoms with Gasteiger partial charge in [-0.25, -0.2) is 4.79 Å². The van der Waals surface area contributed by atoms with Crippen LogP contribution in [0.3, 0.4) is 0 Å². The van der Waals surface area contributed by atoms with Gasteiger partial charge < -0.3 is 9.72 Å². The van der Waals surface area contributed by atoms with Gasteiger partial charge in [0.15, 0.2) is 0 Å². The molecule has 0 radical (unpaired) electrons. The van der Waals surface area contributed by atoms with Crippen LogP contribution in [0.1, 0.15) is 17.0 Å². The molecular weight excluding hydrogens is 308 g/mol. The van der Waals surface area contributed by atoms with Crippen LogP contribution in [0, 0.1) is 10.1 Å². The SMILES string of the molecule is COC(=O)[C@H]([C@@H](c1ccccc1)c1c[nH]c2ccccc12)[N+](=O)[O-]. The molecule has 24 heavy (non-hydrogen) atoms.